The molecule has 2 nitrogen and oxygen atoms in total. The topological polar surface area (TPSA) is 32.3 Å². The van der Waals surface area contributed by atoms with Crippen molar-refractivity contribution in [2.24, 2.45) is 5.92 Å². The molecular formula is C17H27NO. The van der Waals surface area contributed by atoms with Crippen molar-refractivity contribution in [3.63, 3.8) is 0 Å². The smallest absolute Gasteiger partial charge is 0.0715 e. The van der Waals surface area contributed by atoms with Crippen molar-refractivity contribution >= 4 is 0 Å². The summed E-state index contributed by atoms with van der Waals surface area (Å²) in [5, 5.41) is 13.5. The second kappa shape index (κ2) is 6.53. The molecule has 0 heterocycles. The highest BCUT2D eigenvalue weighted by Crippen LogP contribution is 2.34. The fourth-order valence-corrected chi connectivity index (χ4v) is 3.04. The van der Waals surface area contributed by atoms with E-state index in [1.807, 2.05) is 13.8 Å². The Labute approximate surface area is 117 Å². The van der Waals surface area contributed by atoms with Crippen molar-refractivity contribution in [1.82, 2.24) is 5.32 Å². The van der Waals surface area contributed by atoms with Gasteiger partial charge in [-0.3, -0.25) is 0 Å². The lowest BCUT2D eigenvalue weighted by Gasteiger charge is -2.33. The molecule has 2 N–H and O–H groups in total. The lowest BCUT2D eigenvalue weighted by atomic mass is 9.81. The maximum Gasteiger partial charge on any atom is 0.0715 e. The molecule has 1 saturated carbocycles. The molecule has 0 bridgehead atoms. The Kier molecular flexibility index (Phi) is 5.00. The fourth-order valence-electron chi connectivity index (χ4n) is 3.04. The molecule has 0 radical (unpaired) electrons. The van der Waals surface area contributed by atoms with Gasteiger partial charge >= 0.3 is 0 Å². The minimum Gasteiger partial charge on any atom is -0.389 e. The SMILES string of the molecule is CC(C)(O)CNC(c1ccccc1)C1CCCCC1. The second-order valence-corrected chi connectivity index (χ2v) is 6.48. The Hall–Kier alpha value is -0.860. The summed E-state index contributed by atoms with van der Waals surface area (Å²) in [5.41, 5.74) is 0.709. The zero-order valence-corrected chi connectivity index (χ0v) is 12.2. The summed E-state index contributed by atoms with van der Waals surface area (Å²) in [7, 11) is 0. The van der Waals surface area contributed by atoms with Crippen LogP contribution in [0.3, 0.4) is 0 Å². The molecule has 1 aliphatic carbocycles. The van der Waals surface area contributed by atoms with Gasteiger partial charge in [0.2, 0.25) is 0 Å². The molecule has 19 heavy (non-hydrogen) atoms. The van der Waals surface area contributed by atoms with E-state index in [1.165, 1.54) is 37.7 Å². The maximum atomic E-state index is 9.95. The van der Waals surface area contributed by atoms with Crippen molar-refractivity contribution in [2.75, 3.05) is 6.54 Å². The first-order valence-electron chi connectivity index (χ1n) is 7.57. The molecule has 1 fully saturated rings. The van der Waals surface area contributed by atoms with Crippen molar-refractivity contribution in [3.05, 3.63) is 35.9 Å². The predicted molar refractivity (Wildman–Crippen MR) is 80.1 cm³/mol. The molecule has 0 spiro atoms. The van der Waals surface area contributed by atoms with Gasteiger partial charge in [0, 0.05) is 12.6 Å². The summed E-state index contributed by atoms with van der Waals surface area (Å²) >= 11 is 0. The van der Waals surface area contributed by atoms with Gasteiger partial charge in [0.25, 0.3) is 0 Å². The quantitative estimate of drug-likeness (QED) is 0.847. The fraction of sp³-hybridized carbons (Fsp3) is 0.647. The van der Waals surface area contributed by atoms with E-state index in [-0.39, 0.29) is 0 Å². The van der Waals surface area contributed by atoms with Crippen LogP contribution in [0.4, 0.5) is 0 Å². The Morgan fingerprint density at radius 2 is 1.79 bits per heavy atom. The second-order valence-electron chi connectivity index (χ2n) is 6.48. The molecule has 106 valence electrons. The first-order chi connectivity index (χ1) is 9.06. The van der Waals surface area contributed by atoms with Crippen LogP contribution in [0, 0.1) is 5.92 Å². The average Bonchev–Trinajstić information content (AvgIpc) is 2.40. The maximum absolute atomic E-state index is 9.95. The molecule has 2 rings (SSSR count). The zero-order valence-electron chi connectivity index (χ0n) is 12.2. The summed E-state index contributed by atoms with van der Waals surface area (Å²) < 4.78 is 0. The number of aliphatic hydroxyl groups is 1. The molecule has 0 aromatic heterocycles. The predicted octanol–water partition coefficient (Wildman–Crippen LogP) is 3.67. The molecule has 0 saturated heterocycles. The van der Waals surface area contributed by atoms with Crippen LogP contribution in [0.25, 0.3) is 0 Å². The minimum absolute atomic E-state index is 0.382. The third-order valence-electron chi connectivity index (χ3n) is 4.03. The number of hydrogen-bond donors (Lipinski definition) is 2. The zero-order chi connectivity index (χ0) is 13.7. The van der Waals surface area contributed by atoms with Crippen molar-refractivity contribution < 1.29 is 5.11 Å². The highest BCUT2D eigenvalue weighted by atomic mass is 16.3. The van der Waals surface area contributed by atoms with Crippen LogP contribution in [0.5, 0.6) is 0 Å². The molecule has 1 aliphatic rings. The molecule has 0 amide bonds. The van der Waals surface area contributed by atoms with Crippen molar-refractivity contribution in [1.29, 1.82) is 0 Å². The van der Waals surface area contributed by atoms with Crippen LogP contribution in [0.1, 0.15) is 57.6 Å². The van der Waals surface area contributed by atoms with E-state index < -0.39 is 5.60 Å². The first kappa shape index (κ1) is 14.5. The van der Waals surface area contributed by atoms with E-state index in [9.17, 15) is 5.11 Å². The van der Waals surface area contributed by atoms with Gasteiger partial charge in [-0.05, 0) is 38.2 Å². The van der Waals surface area contributed by atoms with Gasteiger partial charge in [0.05, 0.1) is 5.60 Å². The molecule has 1 aromatic carbocycles. The van der Waals surface area contributed by atoms with E-state index in [1.54, 1.807) is 0 Å². The molecular weight excluding hydrogens is 234 g/mol. The van der Waals surface area contributed by atoms with E-state index in [4.69, 9.17) is 0 Å². The monoisotopic (exact) mass is 261 g/mol. The van der Waals surface area contributed by atoms with Crippen molar-refractivity contribution in [3.8, 4) is 0 Å². The molecule has 1 aromatic rings. The summed E-state index contributed by atoms with van der Waals surface area (Å²) in [6, 6.07) is 11.1. The first-order valence-corrected chi connectivity index (χ1v) is 7.57. The Morgan fingerprint density at radius 1 is 1.16 bits per heavy atom. The van der Waals surface area contributed by atoms with Crippen LogP contribution in [-0.4, -0.2) is 17.3 Å². The standard InChI is InChI=1S/C17H27NO/c1-17(2,19)13-18-16(14-9-5-3-6-10-14)15-11-7-4-8-12-15/h3,5-6,9-10,15-16,18-19H,4,7-8,11-13H2,1-2H3. The average molecular weight is 261 g/mol. The van der Waals surface area contributed by atoms with Gasteiger partial charge in [-0.1, -0.05) is 49.6 Å². The van der Waals surface area contributed by atoms with Gasteiger partial charge in [-0.15, -0.1) is 0 Å². The number of rotatable bonds is 5. The summed E-state index contributed by atoms with van der Waals surface area (Å²) in [6.45, 7) is 4.37. The minimum atomic E-state index is -0.651. The van der Waals surface area contributed by atoms with Gasteiger partial charge in [-0.25, -0.2) is 0 Å². The number of nitrogens with one attached hydrogen (secondary N) is 1. The third-order valence-corrected chi connectivity index (χ3v) is 4.03. The van der Waals surface area contributed by atoms with Crippen LogP contribution in [-0.2, 0) is 0 Å². The van der Waals surface area contributed by atoms with Gasteiger partial charge in [0.15, 0.2) is 0 Å². The molecule has 2 heteroatoms. The number of benzene rings is 1. The Morgan fingerprint density at radius 3 is 2.37 bits per heavy atom. The molecule has 0 aliphatic heterocycles. The van der Waals surface area contributed by atoms with E-state index in [0.717, 1.165) is 0 Å². The summed E-state index contributed by atoms with van der Waals surface area (Å²) in [5.74, 6) is 0.707. The molecule has 1 atom stereocenters. The van der Waals surface area contributed by atoms with Crippen LogP contribution in [0.15, 0.2) is 30.3 Å². The van der Waals surface area contributed by atoms with Crippen molar-refractivity contribution in [2.45, 2.75) is 57.6 Å². The number of hydrogen-bond acceptors (Lipinski definition) is 2. The van der Waals surface area contributed by atoms with E-state index >= 15 is 0 Å². The highest BCUT2D eigenvalue weighted by Gasteiger charge is 2.26. The molecule has 1 unspecified atom stereocenters. The van der Waals surface area contributed by atoms with E-state index in [0.29, 0.717) is 18.5 Å². The summed E-state index contributed by atoms with van der Waals surface area (Å²) in [4.78, 5) is 0. The normalized spacial score (nSPS) is 19.3. The Bertz CT molecular complexity index is 363. The van der Waals surface area contributed by atoms with Gasteiger partial charge < -0.3 is 10.4 Å². The van der Waals surface area contributed by atoms with Gasteiger partial charge in [0.1, 0.15) is 0 Å². The van der Waals surface area contributed by atoms with E-state index in [2.05, 4.69) is 35.6 Å². The van der Waals surface area contributed by atoms with Crippen LogP contribution in [0.2, 0.25) is 0 Å². The lowest BCUT2D eigenvalue weighted by molar-refractivity contribution is 0.0718. The van der Waals surface area contributed by atoms with Crippen LogP contribution < -0.4 is 5.32 Å². The largest absolute Gasteiger partial charge is 0.389 e. The highest BCUT2D eigenvalue weighted by molar-refractivity contribution is 5.20. The van der Waals surface area contributed by atoms with Crippen LogP contribution >= 0.6 is 0 Å². The lowest BCUT2D eigenvalue weighted by Crippen LogP contribution is -2.39. The summed E-state index contributed by atoms with van der Waals surface area (Å²) in [6.07, 6.45) is 6.68. The third kappa shape index (κ3) is 4.63. The Balaban J connectivity index is 2.08. The van der Waals surface area contributed by atoms with Gasteiger partial charge in [-0.2, -0.15) is 0 Å².